The number of hydrogen-bond acceptors (Lipinski definition) is 8. The van der Waals surface area contributed by atoms with Gasteiger partial charge in [-0.25, -0.2) is 23.9 Å². The molecule has 1 atom stereocenters. The minimum Gasteiger partial charge on any atom is -0.478 e. The molecular weight excluding hydrogens is 369 g/mol. The Labute approximate surface area is 160 Å². The van der Waals surface area contributed by atoms with Gasteiger partial charge in [-0.2, -0.15) is 4.98 Å². The highest BCUT2D eigenvalue weighted by Crippen LogP contribution is 2.26. The highest BCUT2D eigenvalue weighted by molar-refractivity contribution is 5.90. The predicted molar refractivity (Wildman–Crippen MR) is 101 cm³/mol. The number of rotatable bonds is 9. The normalized spacial score (nSPS) is 13.4. The van der Waals surface area contributed by atoms with Crippen LogP contribution in [-0.4, -0.2) is 44.1 Å². The first-order chi connectivity index (χ1) is 13.2. The molecule has 28 heavy (non-hydrogen) atoms. The monoisotopic (exact) mass is 391 g/mol. The lowest BCUT2D eigenvalue weighted by atomic mass is 9.95. The molecule has 0 amide bonds. The summed E-state index contributed by atoms with van der Waals surface area (Å²) in [6, 6.07) is 1.20. The quantitative estimate of drug-likeness (QED) is 0.434. The number of pyridine rings is 1. The summed E-state index contributed by atoms with van der Waals surface area (Å²) in [6.45, 7) is 3.79. The van der Waals surface area contributed by atoms with Gasteiger partial charge in [-0.15, -0.1) is 0 Å². The average molecular weight is 391 g/mol. The fourth-order valence-electron chi connectivity index (χ4n) is 2.54. The van der Waals surface area contributed by atoms with Gasteiger partial charge in [0.25, 0.3) is 0 Å². The van der Waals surface area contributed by atoms with E-state index in [4.69, 9.17) is 15.6 Å². The number of halogens is 1. The smallest absolute Gasteiger partial charge is 0.331 e. The number of nitrogen functional groups attached to an aromatic ring is 1. The van der Waals surface area contributed by atoms with Crippen LogP contribution in [0.15, 0.2) is 24.4 Å². The Morgan fingerprint density at radius 2 is 2.14 bits per heavy atom. The molecule has 0 aliphatic heterocycles. The molecule has 10 heteroatoms. The van der Waals surface area contributed by atoms with E-state index in [0.717, 1.165) is 25.1 Å². The first-order valence-corrected chi connectivity index (χ1v) is 8.67. The second-order valence-electron chi connectivity index (χ2n) is 6.52. The maximum absolute atomic E-state index is 13.5. The number of carboxylic acids is 1. The number of fused-ring (bicyclic) bond motifs is 1. The predicted octanol–water partition coefficient (Wildman–Crippen LogP) is 2.29. The minimum absolute atomic E-state index is 0.0532. The first kappa shape index (κ1) is 21.0. The van der Waals surface area contributed by atoms with Crippen LogP contribution in [0, 0.1) is 5.82 Å². The molecule has 2 heterocycles. The lowest BCUT2D eigenvalue weighted by Gasteiger charge is -2.31. The number of aliphatic carboxylic acids is 1. The van der Waals surface area contributed by atoms with Crippen LogP contribution < -0.4 is 11.1 Å². The third-order valence-corrected chi connectivity index (χ3v) is 3.92. The molecule has 4 N–H and O–H groups in total. The number of esters is 1. The van der Waals surface area contributed by atoms with Crippen molar-refractivity contribution in [2.45, 2.75) is 38.6 Å². The topological polar surface area (TPSA) is 140 Å². The van der Waals surface area contributed by atoms with Crippen molar-refractivity contribution < 1.29 is 23.8 Å². The number of nitrogens with zero attached hydrogens (tertiary/aromatic N) is 3. The third kappa shape index (κ3) is 5.86. The van der Waals surface area contributed by atoms with Gasteiger partial charge in [0.15, 0.2) is 5.82 Å². The molecule has 0 radical (unpaired) electrons. The molecule has 0 fully saturated rings. The van der Waals surface area contributed by atoms with E-state index < -0.39 is 23.3 Å². The van der Waals surface area contributed by atoms with E-state index in [1.54, 1.807) is 0 Å². The van der Waals surface area contributed by atoms with Gasteiger partial charge in [-0.1, -0.05) is 19.8 Å². The maximum atomic E-state index is 13.5. The summed E-state index contributed by atoms with van der Waals surface area (Å²) < 4.78 is 18.6. The number of hydrogen-bond donors (Lipinski definition) is 3. The molecule has 2 rings (SSSR count). The van der Waals surface area contributed by atoms with Crippen LogP contribution in [0.25, 0.3) is 11.0 Å². The van der Waals surface area contributed by atoms with Crippen molar-refractivity contribution in [3.8, 4) is 0 Å². The summed E-state index contributed by atoms with van der Waals surface area (Å²) in [6.07, 6.45) is 4.94. The molecule has 150 valence electrons. The molecule has 0 saturated carbocycles. The summed E-state index contributed by atoms with van der Waals surface area (Å²) in [7, 11) is 0. The number of nitrogens with two attached hydrogens (primary N) is 1. The molecule has 0 aliphatic carbocycles. The van der Waals surface area contributed by atoms with Crippen molar-refractivity contribution in [3.05, 3.63) is 30.2 Å². The number of nitrogens with one attached hydrogen (secondary N) is 1. The molecule has 2 aromatic rings. The number of unbranched alkanes of at least 4 members (excludes halogenated alkanes) is 1. The second kappa shape index (κ2) is 9.07. The Morgan fingerprint density at radius 1 is 1.39 bits per heavy atom. The van der Waals surface area contributed by atoms with E-state index in [9.17, 15) is 14.0 Å². The van der Waals surface area contributed by atoms with Crippen molar-refractivity contribution >= 4 is 34.7 Å². The average Bonchev–Trinajstić information content (AvgIpc) is 2.62. The van der Waals surface area contributed by atoms with E-state index in [2.05, 4.69) is 20.3 Å². The standard InChI is InChI=1S/C18H22FN5O4/c1-3-4-7-18(2,10-28-14(27)6-5-13(25)26)24-16-15-12(22-17(20)23-16)8-11(19)9-21-15/h5-6,8-9H,3-4,7,10H2,1-2H3,(H,25,26)(H3,20,22,23,24)/b6-5+/t18-/m1/s1. The molecule has 0 aliphatic rings. The summed E-state index contributed by atoms with van der Waals surface area (Å²) in [5, 5.41) is 11.8. The van der Waals surface area contributed by atoms with Crippen LogP contribution in [0.2, 0.25) is 0 Å². The zero-order valence-corrected chi connectivity index (χ0v) is 15.6. The Morgan fingerprint density at radius 3 is 2.82 bits per heavy atom. The molecule has 0 spiro atoms. The van der Waals surface area contributed by atoms with Gasteiger partial charge in [0.05, 0.1) is 17.3 Å². The molecular formula is C18H22FN5O4. The van der Waals surface area contributed by atoms with Crippen LogP contribution >= 0.6 is 0 Å². The Bertz CT molecular complexity index is 900. The molecule has 0 unspecified atom stereocenters. The number of carboxylic acid groups (broad SMARTS) is 1. The lowest BCUT2D eigenvalue weighted by Crippen LogP contribution is -2.41. The van der Waals surface area contributed by atoms with Crippen molar-refractivity contribution in [2.24, 2.45) is 0 Å². The van der Waals surface area contributed by atoms with Crippen molar-refractivity contribution in [1.82, 2.24) is 15.0 Å². The number of aromatic nitrogens is 3. The largest absolute Gasteiger partial charge is 0.478 e. The molecule has 0 saturated heterocycles. The molecule has 2 aromatic heterocycles. The van der Waals surface area contributed by atoms with E-state index in [1.807, 2.05) is 13.8 Å². The summed E-state index contributed by atoms with van der Waals surface area (Å²) in [5.41, 5.74) is 5.55. The van der Waals surface area contributed by atoms with Gasteiger partial charge in [-0.3, -0.25) is 0 Å². The van der Waals surface area contributed by atoms with Crippen LogP contribution in [0.1, 0.15) is 33.1 Å². The maximum Gasteiger partial charge on any atom is 0.331 e. The van der Waals surface area contributed by atoms with Gasteiger partial charge in [0, 0.05) is 18.2 Å². The highest BCUT2D eigenvalue weighted by Gasteiger charge is 2.27. The van der Waals surface area contributed by atoms with Gasteiger partial charge in [0.1, 0.15) is 17.9 Å². The van der Waals surface area contributed by atoms with Gasteiger partial charge in [-0.05, 0) is 13.3 Å². The lowest BCUT2D eigenvalue weighted by molar-refractivity contribution is -0.140. The van der Waals surface area contributed by atoms with Gasteiger partial charge in [0.2, 0.25) is 5.95 Å². The molecule has 9 nitrogen and oxygen atoms in total. The van der Waals surface area contributed by atoms with Crippen molar-refractivity contribution in [1.29, 1.82) is 0 Å². The number of ether oxygens (including phenoxy) is 1. The summed E-state index contributed by atoms with van der Waals surface area (Å²) >= 11 is 0. The summed E-state index contributed by atoms with van der Waals surface area (Å²) in [4.78, 5) is 34.4. The van der Waals surface area contributed by atoms with Crippen molar-refractivity contribution in [2.75, 3.05) is 17.7 Å². The fourth-order valence-corrected chi connectivity index (χ4v) is 2.54. The van der Waals surface area contributed by atoms with E-state index >= 15 is 0 Å². The van der Waals surface area contributed by atoms with E-state index in [1.165, 1.54) is 6.07 Å². The van der Waals surface area contributed by atoms with Gasteiger partial charge < -0.3 is 20.9 Å². The second-order valence-corrected chi connectivity index (χ2v) is 6.52. The van der Waals surface area contributed by atoms with E-state index in [0.29, 0.717) is 23.8 Å². The van der Waals surface area contributed by atoms with Crippen LogP contribution in [0.3, 0.4) is 0 Å². The van der Waals surface area contributed by atoms with Crippen LogP contribution in [-0.2, 0) is 14.3 Å². The number of carbonyl (C=O) groups excluding carboxylic acids is 1. The zero-order chi connectivity index (χ0) is 20.7. The van der Waals surface area contributed by atoms with Gasteiger partial charge >= 0.3 is 11.9 Å². The van der Waals surface area contributed by atoms with Crippen LogP contribution in [0.4, 0.5) is 16.2 Å². The Hall–Kier alpha value is -3.30. The minimum atomic E-state index is -1.25. The van der Waals surface area contributed by atoms with Crippen molar-refractivity contribution in [3.63, 3.8) is 0 Å². The fraction of sp³-hybridized carbons (Fsp3) is 0.389. The third-order valence-electron chi connectivity index (χ3n) is 3.92. The Balaban J connectivity index is 2.27. The Kier molecular flexibility index (Phi) is 6.80. The van der Waals surface area contributed by atoms with Crippen LogP contribution in [0.5, 0.6) is 0 Å². The first-order valence-electron chi connectivity index (χ1n) is 8.67. The highest BCUT2D eigenvalue weighted by atomic mass is 19.1. The van der Waals surface area contributed by atoms with E-state index in [-0.39, 0.29) is 18.1 Å². The number of carbonyl (C=O) groups is 2. The molecule has 0 bridgehead atoms. The zero-order valence-electron chi connectivity index (χ0n) is 15.6. The number of anilines is 2. The SMILES string of the molecule is CCCC[C@](C)(COC(=O)/C=C/C(=O)O)Nc1nc(N)nc2cc(F)cnc12. The molecule has 0 aromatic carbocycles. The summed E-state index contributed by atoms with van der Waals surface area (Å²) in [5.74, 6) is -2.34.